The molecule has 1 aromatic heterocycles. The molecule has 1 fully saturated rings. The monoisotopic (exact) mass is 325 g/mol. The van der Waals surface area contributed by atoms with Gasteiger partial charge in [-0.15, -0.1) is 0 Å². The molecular formula is C15H20ClN3O3. The van der Waals surface area contributed by atoms with Crippen LogP contribution in [0.2, 0.25) is 5.02 Å². The molecule has 1 N–H and O–H groups in total. The molecule has 2 amide bonds. The molecule has 0 saturated carbocycles. The molecule has 1 aliphatic rings. The lowest BCUT2D eigenvalue weighted by Crippen LogP contribution is -2.58. The van der Waals surface area contributed by atoms with Gasteiger partial charge < -0.3 is 14.8 Å². The number of hydrogen-bond donors (Lipinski definition) is 1. The van der Waals surface area contributed by atoms with E-state index < -0.39 is 11.6 Å². The molecule has 2 rings (SSSR count). The number of halogens is 1. The van der Waals surface area contributed by atoms with Gasteiger partial charge in [0, 0.05) is 25.8 Å². The predicted molar refractivity (Wildman–Crippen MR) is 84.0 cm³/mol. The number of H-pyrrole nitrogens is 1. The van der Waals surface area contributed by atoms with Crippen molar-refractivity contribution in [2.24, 2.45) is 5.92 Å². The Labute approximate surface area is 134 Å². The number of aromatic amines is 1. The third kappa shape index (κ3) is 3.32. The van der Waals surface area contributed by atoms with Crippen LogP contribution in [0, 0.1) is 5.92 Å². The minimum Gasteiger partial charge on any atom is -0.339 e. The highest BCUT2D eigenvalue weighted by Crippen LogP contribution is 2.17. The van der Waals surface area contributed by atoms with Crippen molar-refractivity contribution < 1.29 is 9.59 Å². The summed E-state index contributed by atoms with van der Waals surface area (Å²) < 4.78 is 0. The molecule has 0 aliphatic carbocycles. The second kappa shape index (κ2) is 6.52. The van der Waals surface area contributed by atoms with E-state index in [9.17, 15) is 14.4 Å². The summed E-state index contributed by atoms with van der Waals surface area (Å²) >= 11 is 5.75. The van der Waals surface area contributed by atoms with Gasteiger partial charge in [-0.1, -0.05) is 25.4 Å². The quantitative estimate of drug-likeness (QED) is 0.912. The van der Waals surface area contributed by atoms with Crippen molar-refractivity contribution in [2.45, 2.75) is 26.8 Å². The third-order valence-corrected chi connectivity index (χ3v) is 3.98. The number of pyridine rings is 1. The van der Waals surface area contributed by atoms with E-state index >= 15 is 0 Å². The third-order valence-electron chi connectivity index (χ3n) is 3.70. The van der Waals surface area contributed by atoms with E-state index in [1.54, 1.807) is 11.8 Å². The standard InChI is InChI=1S/C15H20ClN3O3/c1-9(2)8-18-4-5-19(10(3)14(18)21)15(22)11-6-12(16)13(20)17-7-11/h6-7,9-10H,4-5,8H2,1-3H3,(H,17,20)/t10-/m1/s1. The highest BCUT2D eigenvalue weighted by atomic mass is 35.5. The molecule has 1 aliphatic heterocycles. The molecule has 2 heterocycles. The molecule has 1 aromatic rings. The van der Waals surface area contributed by atoms with Crippen LogP contribution in [-0.2, 0) is 4.79 Å². The minimum atomic E-state index is -0.522. The van der Waals surface area contributed by atoms with E-state index in [0.29, 0.717) is 25.6 Å². The summed E-state index contributed by atoms with van der Waals surface area (Å²) in [6.45, 7) is 7.50. The Balaban J connectivity index is 2.16. The van der Waals surface area contributed by atoms with Crippen LogP contribution in [0.3, 0.4) is 0 Å². The number of piperazine rings is 1. The van der Waals surface area contributed by atoms with E-state index in [-0.39, 0.29) is 22.4 Å². The molecule has 0 spiro atoms. The van der Waals surface area contributed by atoms with Crippen molar-refractivity contribution in [3.63, 3.8) is 0 Å². The Morgan fingerprint density at radius 1 is 1.41 bits per heavy atom. The molecule has 0 radical (unpaired) electrons. The van der Waals surface area contributed by atoms with Gasteiger partial charge >= 0.3 is 0 Å². The summed E-state index contributed by atoms with van der Waals surface area (Å²) in [6.07, 6.45) is 1.33. The second-order valence-electron chi connectivity index (χ2n) is 5.92. The first-order valence-electron chi connectivity index (χ1n) is 7.29. The van der Waals surface area contributed by atoms with Gasteiger partial charge in [-0.25, -0.2) is 0 Å². The lowest BCUT2D eigenvalue weighted by atomic mass is 10.1. The van der Waals surface area contributed by atoms with Crippen LogP contribution in [-0.4, -0.2) is 52.3 Å². The maximum absolute atomic E-state index is 12.5. The largest absolute Gasteiger partial charge is 0.339 e. The van der Waals surface area contributed by atoms with Crippen LogP contribution >= 0.6 is 11.6 Å². The number of rotatable bonds is 3. The zero-order chi connectivity index (χ0) is 16.4. The summed E-state index contributed by atoms with van der Waals surface area (Å²) in [7, 11) is 0. The first-order valence-corrected chi connectivity index (χ1v) is 7.67. The fourth-order valence-electron chi connectivity index (χ4n) is 2.57. The average molecular weight is 326 g/mol. The van der Waals surface area contributed by atoms with Crippen molar-refractivity contribution in [2.75, 3.05) is 19.6 Å². The SMILES string of the molecule is CC(C)CN1CCN(C(=O)c2c[nH]c(=O)c(Cl)c2)[C@H](C)C1=O. The molecule has 1 atom stereocenters. The van der Waals surface area contributed by atoms with Crippen LogP contribution in [0.15, 0.2) is 17.1 Å². The zero-order valence-corrected chi connectivity index (χ0v) is 13.7. The van der Waals surface area contributed by atoms with Crippen LogP contribution in [0.25, 0.3) is 0 Å². The number of aromatic nitrogens is 1. The Morgan fingerprint density at radius 2 is 2.09 bits per heavy atom. The van der Waals surface area contributed by atoms with Gasteiger partial charge in [0.25, 0.3) is 11.5 Å². The van der Waals surface area contributed by atoms with Crippen molar-refractivity contribution >= 4 is 23.4 Å². The fourth-order valence-corrected chi connectivity index (χ4v) is 2.75. The van der Waals surface area contributed by atoms with Gasteiger partial charge in [-0.3, -0.25) is 14.4 Å². The van der Waals surface area contributed by atoms with Gasteiger partial charge in [0.15, 0.2) is 0 Å². The number of nitrogens with one attached hydrogen (secondary N) is 1. The van der Waals surface area contributed by atoms with Crippen molar-refractivity contribution in [3.05, 3.63) is 33.2 Å². The normalized spacial score (nSPS) is 19.0. The maximum atomic E-state index is 12.5. The first-order chi connectivity index (χ1) is 10.3. The molecule has 6 nitrogen and oxygen atoms in total. The maximum Gasteiger partial charge on any atom is 0.266 e. The van der Waals surface area contributed by atoms with Crippen LogP contribution < -0.4 is 5.56 Å². The van der Waals surface area contributed by atoms with Crippen molar-refractivity contribution in [3.8, 4) is 0 Å². The molecule has 0 aromatic carbocycles. The molecule has 22 heavy (non-hydrogen) atoms. The molecule has 0 unspecified atom stereocenters. The van der Waals surface area contributed by atoms with Crippen molar-refractivity contribution in [1.82, 2.24) is 14.8 Å². The number of hydrogen-bond acceptors (Lipinski definition) is 3. The van der Waals surface area contributed by atoms with Gasteiger partial charge in [-0.2, -0.15) is 0 Å². The first kappa shape index (κ1) is 16.5. The van der Waals surface area contributed by atoms with E-state index in [1.165, 1.54) is 17.2 Å². The minimum absolute atomic E-state index is 0.0386. The summed E-state index contributed by atoms with van der Waals surface area (Å²) in [5.74, 6) is 0.0309. The Kier molecular flexibility index (Phi) is 4.90. The average Bonchev–Trinajstić information content (AvgIpc) is 2.46. The van der Waals surface area contributed by atoms with Crippen LogP contribution in [0.5, 0.6) is 0 Å². The number of carbonyl (C=O) groups excluding carboxylic acids is 2. The highest BCUT2D eigenvalue weighted by molar-refractivity contribution is 6.30. The fraction of sp³-hybridized carbons (Fsp3) is 0.533. The van der Waals surface area contributed by atoms with E-state index in [1.807, 2.05) is 0 Å². The number of carbonyl (C=O) groups is 2. The molecule has 7 heteroatoms. The van der Waals surface area contributed by atoms with Crippen LogP contribution in [0.4, 0.5) is 0 Å². The molecule has 0 bridgehead atoms. The topological polar surface area (TPSA) is 73.5 Å². The smallest absolute Gasteiger partial charge is 0.266 e. The lowest BCUT2D eigenvalue weighted by molar-refractivity contribution is -0.140. The highest BCUT2D eigenvalue weighted by Gasteiger charge is 2.34. The van der Waals surface area contributed by atoms with Crippen molar-refractivity contribution in [1.29, 1.82) is 0 Å². The summed E-state index contributed by atoms with van der Waals surface area (Å²) in [5.41, 5.74) is -0.161. The van der Waals surface area contributed by atoms with E-state index in [0.717, 1.165) is 0 Å². The lowest BCUT2D eigenvalue weighted by Gasteiger charge is -2.39. The van der Waals surface area contributed by atoms with Crippen LogP contribution in [0.1, 0.15) is 31.1 Å². The summed E-state index contributed by atoms with van der Waals surface area (Å²) in [4.78, 5) is 41.9. The van der Waals surface area contributed by atoms with Gasteiger partial charge in [-0.05, 0) is 18.9 Å². The summed E-state index contributed by atoms with van der Waals surface area (Å²) in [6, 6.07) is 0.811. The molecule has 1 saturated heterocycles. The zero-order valence-electron chi connectivity index (χ0n) is 12.9. The molecular weight excluding hydrogens is 306 g/mol. The number of nitrogens with zero attached hydrogens (tertiary/aromatic N) is 2. The summed E-state index contributed by atoms with van der Waals surface area (Å²) in [5, 5.41) is -0.0386. The van der Waals surface area contributed by atoms with Gasteiger partial charge in [0.1, 0.15) is 11.1 Å². The Morgan fingerprint density at radius 3 is 2.68 bits per heavy atom. The number of amides is 2. The predicted octanol–water partition coefficient (Wildman–Crippen LogP) is 1.36. The Bertz CT molecular complexity index is 641. The Hall–Kier alpha value is -1.82. The van der Waals surface area contributed by atoms with Gasteiger partial charge in [0.2, 0.25) is 5.91 Å². The van der Waals surface area contributed by atoms with Gasteiger partial charge in [0.05, 0.1) is 5.56 Å². The molecule has 120 valence electrons. The van der Waals surface area contributed by atoms with E-state index in [2.05, 4.69) is 18.8 Å². The van der Waals surface area contributed by atoms with E-state index in [4.69, 9.17) is 11.6 Å². The second-order valence-corrected chi connectivity index (χ2v) is 6.33.